The fraction of sp³-hybridized carbons (Fsp3) is 0.267. The number of hydrogen-bond acceptors (Lipinski definition) is 3. The van der Waals surface area contributed by atoms with Crippen LogP contribution >= 0.6 is 11.3 Å². The quantitative estimate of drug-likeness (QED) is 0.880. The number of carbonyl (C=O) groups is 1. The highest BCUT2D eigenvalue weighted by Gasteiger charge is 2.33. The first kappa shape index (κ1) is 14.0. The number of nitrogens with zero attached hydrogens (tertiary/aromatic N) is 1. The Balaban J connectivity index is 1.87. The zero-order valence-electron chi connectivity index (χ0n) is 11.2. The van der Waals surface area contributed by atoms with Crippen molar-refractivity contribution in [3.8, 4) is 0 Å². The molecule has 1 aromatic heterocycles. The molecule has 21 heavy (non-hydrogen) atoms. The molecule has 1 fully saturated rings. The van der Waals surface area contributed by atoms with Crippen LogP contribution in [0.3, 0.4) is 0 Å². The second kappa shape index (κ2) is 5.44. The second-order valence-corrected chi connectivity index (χ2v) is 5.93. The lowest BCUT2D eigenvalue weighted by Crippen LogP contribution is -2.32. The van der Waals surface area contributed by atoms with Crippen LogP contribution < -0.4 is 5.73 Å². The summed E-state index contributed by atoms with van der Waals surface area (Å²) in [6, 6.07) is 4.10. The van der Waals surface area contributed by atoms with Gasteiger partial charge in [-0.3, -0.25) is 4.79 Å². The summed E-state index contributed by atoms with van der Waals surface area (Å²) in [6.45, 7) is 0.459. The van der Waals surface area contributed by atoms with Crippen molar-refractivity contribution in [2.75, 3.05) is 5.73 Å². The van der Waals surface area contributed by atoms with Gasteiger partial charge < -0.3 is 10.6 Å². The average molecular weight is 308 g/mol. The number of anilines is 1. The third-order valence-corrected chi connectivity index (χ3v) is 4.24. The molecular weight excluding hydrogens is 294 g/mol. The zero-order valence-corrected chi connectivity index (χ0v) is 12.0. The molecule has 0 radical (unpaired) electrons. The molecule has 1 aromatic carbocycles. The van der Waals surface area contributed by atoms with Crippen molar-refractivity contribution >= 4 is 22.9 Å². The molecule has 3 rings (SSSR count). The monoisotopic (exact) mass is 308 g/mol. The molecule has 1 amide bonds. The summed E-state index contributed by atoms with van der Waals surface area (Å²) in [4.78, 5) is 14.2. The molecule has 2 aromatic rings. The minimum Gasteiger partial charge on any atom is -0.394 e. The van der Waals surface area contributed by atoms with Gasteiger partial charge in [-0.05, 0) is 47.4 Å². The third-order valence-electron chi connectivity index (χ3n) is 3.51. The number of amides is 1. The first-order valence-electron chi connectivity index (χ1n) is 6.63. The van der Waals surface area contributed by atoms with E-state index in [2.05, 4.69) is 0 Å². The number of halogens is 2. The summed E-state index contributed by atoms with van der Waals surface area (Å²) >= 11 is 1.55. The van der Waals surface area contributed by atoms with Crippen molar-refractivity contribution in [1.82, 2.24) is 4.90 Å². The van der Waals surface area contributed by atoms with Crippen LogP contribution in [0.4, 0.5) is 14.5 Å². The molecule has 1 aliphatic carbocycles. The Kier molecular flexibility index (Phi) is 3.63. The molecule has 0 saturated heterocycles. The first-order chi connectivity index (χ1) is 10.1. The number of nitrogens with two attached hydrogens (primary N) is 1. The molecule has 0 unspecified atom stereocenters. The molecule has 6 heteroatoms. The Hall–Kier alpha value is -1.95. The second-order valence-electron chi connectivity index (χ2n) is 5.15. The number of benzene rings is 1. The summed E-state index contributed by atoms with van der Waals surface area (Å²) in [7, 11) is 0. The molecule has 0 aliphatic heterocycles. The molecule has 1 aliphatic rings. The average Bonchev–Trinajstić information content (AvgIpc) is 3.17. The van der Waals surface area contributed by atoms with E-state index in [9.17, 15) is 13.6 Å². The minimum atomic E-state index is -0.898. The van der Waals surface area contributed by atoms with Gasteiger partial charge in [-0.25, -0.2) is 8.78 Å². The summed E-state index contributed by atoms with van der Waals surface area (Å²) in [6.07, 6.45) is 1.85. The maximum Gasteiger partial charge on any atom is 0.254 e. The van der Waals surface area contributed by atoms with E-state index in [1.54, 1.807) is 16.2 Å². The topological polar surface area (TPSA) is 46.3 Å². The molecule has 1 saturated carbocycles. The van der Waals surface area contributed by atoms with Crippen LogP contribution in [0.25, 0.3) is 0 Å². The fourth-order valence-electron chi connectivity index (χ4n) is 2.21. The maximum atomic E-state index is 13.5. The Morgan fingerprint density at radius 2 is 2.00 bits per heavy atom. The molecule has 2 N–H and O–H groups in total. The van der Waals surface area contributed by atoms with E-state index < -0.39 is 17.3 Å². The van der Waals surface area contributed by atoms with E-state index in [-0.39, 0.29) is 17.5 Å². The lowest BCUT2D eigenvalue weighted by atomic mass is 10.1. The van der Waals surface area contributed by atoms with Gasteiger partial charge >= 0.3 is 0 Å². The van der Waals surface area contributed by atoms with Crippen LogP contribution in [-0.2, 0) is 6.54 Å². The third kappa shape index (κ3) is 2.90. The van der Waals surface area contributed by atoms with E-state index in [0.29, 0.717) is 6.54 Å². The van der Waals surface area contributed by atoms with Crippen molar-refractivity contribution < 1.29 is 13.6 Å². The van der Waals surface area contributed by atoms with Gasteiger partial charge in [0.15, 0.2) is 0 Å². The van der Waals surface area contributed by atoms with Crippen LogP contribution in [0.5, 0.6) is 0 Å². The molecule has 0 bridgehead atoms. The molecule has 1 heterocycles. The molecular formula is C15H14F2N2OS. The lowest BCUT2D eigenvalue weighted by Gasteiger charge is -2.22. The van der Waals surface area contributed by atoms with Crippen molar-refractivity contribution in [3.63, 3.8) is 0 Å². The van der Waals surface area contributed by atoms with E-state index >= 15 is 0 Å². The normalized spacial score (nSPS) is 14.2. The number of rotatable bonds is 4. The Bertz CT molecular complexity index is 645. The van der Waals surface area contributed by atoms with Gasteiger partial charge in [0.05, 0.1) is 0 Å². The highest BCUT2D eigenvalue weighted by atomic mass is 32.1. The predicted octanol–water partition coefficient (Wildman–Crippen LogP) is 3.41. The number of carbonyl (C=O) groups excluding carboxylic acids is 1. The predicted molar refractivity (Wildman–Crippen MR) is 78.0 cm³/mol. The van der Waals surface area contributed by atoms with Gasteiger partial charge in [0, 0.05) is 18.2 Å². The van der Waals surface area contributed by atoms with Crippen LogP contribution in [0, 0.1) is 11.6 Å². The smallest absolute Gasteiger partial charge is 0.254 e. The Labute approximate surface area is 125 Å². The largest absolute Gasteiger partial charge is 0.394 e. The van der Waals surface area contributed by atoms with Crippen LogP contribution in [0.2, 0.25) is 0 Å². The van der Waals surface area contributed by atoms with Gasteiger partial charge in [-0.2, -0.15) is 11.3 Å². The number of thiophene rings is 1. The Morgan fingerprint density at radius 1 is 1.33 bits per heavy atom. The molecule has 3 nitrogen and oxygen atoms in total. The van der Waals surface area contributed by atoms with Crippen molar-refractivity contribution in [3.05, 3.63) is 51.7 Å². The van der Waals surface area contributed by atoms with E-state index in [4.69, 9.17) is 5.73 Å². The van der Waals surface area contributed by atoms with Gasteiger partial charge in [0.2, 0.25) is 0 Å². The molecule has 0 spiro atoms. The molecule has 110 valence electrons. The van der Waals surface area contributed by atoms with Crippen LogP contribution in [0.1, 0.15) is 28.8 Å². The van der Waals surface area contributed by atoms with Crippen LogP contribution in [-0.4, -0.2) is 16.8 Å². The summed E-state index contributed by atoms with van der Waals surface area (Å²) < 4.78 is 27.0. The van der Waals surface area contributed by atoms with E-state index in [1.165, 1.54) is 0 Å². The number of nitrogen functional groups attached to an aromatic ring is 1. The lowest BCUT2D eigenvalue weighted by molar-refractivity contribution is 0.0729. The first-order valence-corrected chi connectivity index (χ1v) is 7.57. The summed E-state index contributed by atoms with van der Waals surface area (Å²) in [5, 5.41) is 3.90. The number of hydrogen-bond donors (Lipinski definition) is 1. The zero-order chi connectivity index (χ0) is 15.0. The Morgan fingerprint density at radius 3 is 2.52 bits per heavy atom. The maximum absolute atomic E-state index is 13.5. The standard InChI is InChI=1S/C15H14F2N2OS/c16-12-5-10(6-13(17)14(12)18)15(20)19(11-1-2-11)7-9-3-4-21-8-9/h3-6,8,11H,1-2,7,18H2. The van der Waals surface area contributed by atoms with Crippen molar-refractivity contribution in [1.29, 1.82) is 0 Å². The van der Waals surface area contributed by atoms with Crippen LogP contribution in [0.15, 0.2) is 29.0 Å². The van der Waals surface area contributed by atoms with Gasteiger partial charge in [-0.15, -0.1) is 0 Å². The van der Waals surface area contributed by atoms with Gasteiger partial charge in [0.1, 0.15) is 17.3 Å². The summed E-state index contributed by atoms with van der Waals surface area (Å²) in [5.74, 6) is -2.16. The van der Waals surface area contributed by atoms with Gasteiger partial charge in [-0.1, -0.05) is 0 Å². The fourth-order valence-corrected chi connectivity index (χ4v) is 2.87. The van der Waals surface area contributed by atoms with E-state index in [1.807, 2.05) is 16.8 Å². The SMILES string of the molecule is Nc1c(F)cc(C(=O)N(Cc2ccsc2)C2CC2)cc1F. The van der Waals surface area contributed by atoms with Crippen molar-refractivity contribution in [2.24, 2.45) is 0 Å². The summed E-state index contributed by atoms with van der Waals surface area (Å²) in [5.41, 5.74) is 5.71. The molecule has 0 atom stereocenters. The minimum absolute atomic E-state index is 0.00123. The van der Waals surface area contributed by atoms with E-state index in [0.717, 1.165) is 30.5 Å². The highest BCUT2D eigenvalue weighted by molar-refractivity contribution is 7.07. The van der Waals surface area contributed by atoms with Crippen molar-refractivity contribution in [2.45, 2.75) is 25.4 Å². The highest BCUT2D eigenvalue weighted by Crippen LogP contribution is 2.31. The van der Waals surface area contributed by atoms with Gasteiger partial charge in [0.25, 0.3) is 5.91 Å².